The Morgan fingerprint density at radius 2 is 1.85 bits per heavy atom. The molecule has 2 rings (SSSR count). The minimum absolute atomic E-state index is 0.164. The van der Waals surface area contributed by atoms with Crippen LogP contribution in [0.2, 0.25) is 0 Å². The number of nitrogens with one attached hydrogen (secondary N) is 1. The number of guanidine groups is 1. The molecular formula is C20H34N4OS. The minimum atomic E-state index is -0.840. The predicted octanol–water partition coefficient (Wildman–Crippen LogP) is 2.55. The first-order valence-corrected chi connectivity index (χ1v) is 10.7. The molecule has 1 atom stereocenters. The van der Waals surface area contributed by atoms with Crippen LogP contribution >= 0.6 is 0 Å². The van der Waals surface area contributed by atoms with Gasteiger partial charge in [-0.05, 0) is 51.8 Å². The second-order valence-electron chi connectivity index (χ2n) is 7.83. The first kappa shape index (κ1) is 20.7. The largest absolute Gasteiger partial charge is 0.368 e. The SMILES string of the molecule is CN=C(NCCS(=O)C(C)(C)C)N1CCN(c2cccc(C)c2C)CC1. The van der Waals surface area contributed by atoms with Gasteiger partial charge in [0.1, 0.15) is 0 Å². The van der Waals surface area contributed by atoms with Crippen molar-refractivity contribution in [2.75, 3.05) is 50.4 Å². The van der Waals surface area contributed by atoms with Crippen molar-refractivity contribution in [3.05, 3.63) is 29.3 Å². The second-order valence-corrected chi connectivity index (χ2v) is 10.2. The van der Waals surface area contributed by atoms with Gasteiger partial charge < -0.3 is 15.1 Å². The molecule has 1 N–H and O–H groups in total. The van der Waals surface area contributed by atoms with Crippen LogP contribution in [0.25, 0.3) is 0 Å². The quantitative estimate of drug-likeness (QED) is 0.646. The number of hydrogen-bond donors (Lipinski definition) is 1. The maximum Gasteiger partial charge on any atom is 0.193 e. The lowest BCUT2D eigenvalue weighted by Gasteiger charge is -2.38. The average molecular weight is 379 g/mol. The fourth-order valence-corrected chi connectivity index (χ4v) is 4.03. The van der Waals surface area contributed by atoms with Gasteiger partial charge in [-0.15, -0.1) is 0 Å². The number of aryl methyl sites for hydroxylation is 1. The summed E-state index contributed by atoms with van der Waals surface area (Å²) in [6.45, 7) is 15.0. The molecule has 1 aliphatic rings. The minimum Gasteiger partial charge on any atom is -0.368 e. The van der Waals surface area contributed by atoms with Crippen molar-refractivity contribution in [3.8, 4) is 0 Å². The van der Waals surface area contributed by atoms with E-state index in [-0.39, 0.29) is 4.75 Å². The highest BCUT2D eigenvalue weighted by Gasteiger charge is 2.22. The highest BCUT2D eigenvalue weighted by atomic mass is 32.2. The summed E-state index contributed by atoms with van der Waals surface area (Å²) in [5, 5.41) is 3.38. The molecule has 146 valence electrons. The van der Waals surface area contributed by atoms with Crippen LogP contribution in [-0.4, -0.2) is 65.3 Å². The molecule has 0 bridgehead atoms. The van der Waals surface area contributed by atoms with Gasteiger partial charge in [0.05, 0.1) is 0 Å². The summed E-state index contributed by atoms with van der Waals surface area (Å²) in [6, 6.07) is 6.52. The lowest BCUT2D eigenvalue weighted by molar-refractivity contribution is 0.373. The Kier molecular flexibility index (Phi) is 7.09. The van der Waals surface area contributed by atoms with Crippen molar-refractivity contribution >= 4 is 22.4 Å². The predicted molar refractivity (Wildman–Crippen MR) is 114 cm³/mol. The van der Waals surface area contributed by atoms with E-state index in [4.69, 9.17) is 0 Å². The van der Waals surface area contributed by atoms with E-state index in [1.165, 1.54) is 16.8 Å². The van der Waals surface area contributed by atoms with Gasteiger partial charge in [0.2, 0.25) is 0 Å². The topological polar surface area (TPSA) is 47.9 Å². The third-order valence-electron chi connectivity index (χ3n) is 4.96. The summed E-state index contributed by atoms with van der Waals surface area (Å²) in [5.41, 5.74) is 4.05. The van der Waals surface area contributed by atoms with Crippen LogP contribution in [0.3, 0.4) is 0 Å². The molecule has 6 heteroatoms. The number of anilines is 1. The van der Waals surface area contributed by atoms with Gasteiger partial charge in [-0.3, -0.25) is 9.20 Å². The fraction of sp³-hybridized carbons (Fsp3) is 0.650. The third kappa shape index (κ3) is 5.22. The van der Waals surface area contributed by atoms with Crippen LogP contribution in [-0.2, 0) is 10.8 Å². The molecule has 0 aromatic heterocycles. The molecule has 0 spiro atoms. The van der Waals surface area contributed by atoms with E-state index < -0.39 is 10.8 Å². The summed E-state index contributed by atoms with van der Waals surface area (Å²) < 4.78 is 12.0. The Bertz CT molecular complexity index is 658. The first-order chi connectivity index (χ1) is 12.2. The van der Waals surface area contributed by atoms with Crippen LogP contribution < -0.4 is 10.2 Å². The first-order valence-electron chi connectivity index (χ1n) is 9.39. The van der Waals surface area contributed by atoms with Crippen LogP contribution in [0, 0.1) is 13.8 Å². The molecule has 1 saturated heterocycles. The lowest BCUT2D eigenvalue weighted by Crippen LogP contribution is -2.53. The summed E-state index contributed by atoms with van der Waals surface area (Å²) in [4.78, 5) is 9.17. The Labute approximate surface area is 161 Å². The molecule has 0 saturated carbocycles. The lowest BCUT2D eigenvalue weighted by atomic mass is 10.1. The van der Waals surface area contributed by atoms with Crippen molar-refractivity contribution in [1.29, 1.82) is 0 Å². The number of nitrogens with zero attached hydrogens (tertiary/aromatic N) is 3. The van der Waals surface area contributed by atoms with E-state index in [2.05, 4.69) is 52.2 Å². The smallest absolute Gasteiger partial charge is 0.193 e. The van der Waals surface area contributed by atoms with Gasteiger partial charge in [0.25, 0.3) is 0 Å². The molecule has 26 heavy (non-hydrogen) atoms. The van der Waals surface area contributed by atoms with Gasteiger partial charge in [-0.1, -0.05) is 12.1 Å². The van der Waals surface area contributed by atoms with Crippen LogP contribution in [0.5, 0.6) is 0 Å². The standard InChI is InChI=1S/C20H34N4OS/c1-16-8-7-9-18(17(16)2)23-11-13-24(14-12-23)19(21-6)22-10-15-26(25)20(3,4)5/h7-9H,10-15H2,1-6H3,(H,21,22). The van der Waals surface area contributed by atoms with Crippen LogP contribution in [0.15, 0.2) is 23.2 Å². The zero-order chi connectivity index (χ0) is 19.3. The van der Waals surface area contributed by atoms with Crippen LogP contribution in [0.1, 0.15) is 31.9 Å². The zero-order valence-electron chi connectivity index (χ0n) is 17.1. The van der Waals surface area contributed by atoms with E-state index in [1.807, 2.05) is 27.8 Å². The summed E-state index contributed by atoms with van der Waals surface area (Å²) in [5.74, 6) is 1.56. The van der Waals surface area contributed by atoms with E-state index in [0.717, 1.165) is 32.1 Å². The molecule has 0 amide bonds. The van der Waals surface area contributed by atoms with E-state index in [0.29, 0.717) is 12.3 Å². The van der Waals surface area contributed by atoms with Gasteiger partial charge in [0.15, 0.2) is 5.96 Å². The molecule has 1 aromatic carbocycles. The summed E-state index contributed by atoms with van der Waals surface area (Å²) >= 11 is 0. The van der Waals surface area contributed by atoms with E-state index in [1.54, 1.807) is 0 Å². The van der Waals surface area contributed by atoms with E-state index >= 15 is 0 Å². The van der Waals surface area contributed by atoms with Crippen molar-refractivity contribution in [2.24, 2.45) is 4.99 Å². The molecule has 1 fully saturated rings. The van der Waals surface area contributed by atoms with Gasteiger partial charge in [-0.2, -0.15) is 0 Å². The molecule has 5 nitrogen and oxygen atoms in total. The Balaban J connectivity index is 1.87. The van der Waals surface area contributed by atoms with E-state index in [9.17, 15) is 4.21 Å². The van der Waals surface area contributed by atoms with Gasteiger partial charge in [-0.25, -0.2) is 0 Å². The monoisotopic (exact) mass is 378 g/mol. The molecule has 0 aliphatic carbocycles. The summed E-state index contributed by atoms with van der Waals surface area (Å²) in [7, 11) is 0.979. The zero-order valence-corrected chi connectivity index (χ0v) is 17.9. The molecule has 0 radical (unpaired) electrons. The Morgan fingerprint density at radius 3 is 2.42 bits per heavy atom. The van der Waals surface area contributed by atoms with Gasteiger partial charge >= 0.3 is 0 Å². The highest BCUT2D eigenvalue weighted by Crippen LogP contribution is 2.23. The molecule has 1 heterocycles. The molecule has 1 unspecified atom stereocenters. The number of rotatable bonds is 4. The Morgan fingerprint density at radius 1 is 1.19 bits per heavy atom. The summed E-state index contributed by atoms with van der Waals surface area (Å²) in [6.07, 6.45) is 0. The van der Waals surface area contributed by atoms with Crippen LogP contribution in [0.4, 0.5) is 5.69 Å². The maximum atomic E-state index is 12.2. The Hall–Kier alpha value is -1.56. The van der Waals surface area contributed by atoms with Crippen molar-refractivity contribution in [2.45, 2.75) is 39.4 Å². The van der Waals surface area contributed by atoms with Gasteiger partial charge in [0, 0.05) is 66.8 Å². The second kappa shape index (κ2) is 8.89. The number of piperazine rings is 1. The number of aliphatic imine (C=N–C) groups is 1. The van der Waals surface area contributed by atoms with Crippen molar-refractivity contribution in [1.82, 2.24) is 10.2 Å². The maximum absolute atomic E-state index is 12.2. The average Bonchev–Trinajstić information content (AvgIpc) is 2.60. The fourth-order valence-electron chi connectivity index (χ4n) is 3.13. The van der Waals surface area contributed by atoms with Crippen molar-refractivity contribution in [3.63, 3.8) is 0 Å². The molecular weight excluding hydrogens is 344 g/mol. The normalized spacial score (nSPS) is 17.4. The van der Waals surface area contributed by atoms with Crippen molar-refractivity contribution < 1.29 is 4.21 Å². The molecule has 1 aliphatic heterocycles. The third-order valence-corrected chi connectivity index (χ3v) is 6.90. The highest BCUT2D eigenvalue weighted by molar-refractivity contribution is 7.86. The number of hydrogen-bond acceptors (Lipinski definition) is 3. The molecule has 1 aromatic rings. The number of benzene rings is 1.